The quantitative estimate of drug-likeness (QED) is 0.589. The summed E-state index contributed by atoms with van der Waals surface area (Å²) in [7, 11) is 0. The van der Waals surface area contributed by atoms with E-state index in [1.807, 2.05) is 0 Å². The largest absolute Gasteiger partial charge is 0.504 e. The fourth-order valence-electron chi connectivity index (χ4n) is 0.899. The molecule has 0 aliphatic rings. The van der Waals surface area contributed by atoms with Crippen LogP contribution in [0.5, 0.6) is 5.75 Å². The smallest absolute Gasteiger partial charge is 0.455 e. The lowest BCUT2D eigenvalue weighted by Crippen LogP contribution is -2.24. The highest BCUT2D eigenvalue weighted by atomic mass is 19.4. The molecule has 0 radical (unpaired) electrons. The van der Waals surface area contributed by atoms with E-state index in [1.54, 1.807) is 0 Å². The van der Waals surface area contributed by atoms with Crippen LogP contribution in [0, 0.1) is 11.6 Å². The second-order valence-corrected chi connectivity index (χ2v) is 2.58. The van der Waals surface area contributed by atoms with E-state index in [-0.39, 0.29) is 0 Å². The molecule has 1 aromatic carbocycles. The van der Waals surface area contributed by atoms with Gasteiger partial charge in [0.15, 0.2) is 11.6 Å². The number of carbonyl (C=O) groups excluding carboxylic acids is 1. The van der Waals surface area contributed by atoms with Gasteiger partial charge in [-0.05, 0) is 12.1 Å². The van der Waals surface area contributed by atoms with E-state index in [9.17, 15) is 26.7 Å². The van der Waals surface area contributed by atoms with Crippen LogP contribution in [0.25, 0.3) is 0 Å². The van der Waals surface area contributed by atoms with Gasteiger partial charge in [-0.25, -0.2) is 8.78 Å². The first-order valence-electron chi connectivity index (χ1n) is 3.53. The third kappa shape index (κ3) is 2.05. The maximum atomic E-state index is 12.8. The molecule has 0 aliphatic carbocycles. The molecular formula is C8H3F5O2. The van der Waals surface area contributed by atoms with E-state index >= 15 is 0 Å². The van der Waals surface area contributed by atoms with Crippen LogP contribution in [0.4, 0.5) is 22.0 Å². The fourth-order valence-corrected chi connectivity index (χ4v) is 0.899. The lowest BCUT2D eigenvalue weighted by molar-refractivity contribution is -0.0889. The zero-order chi connectivity index (χ0) is 11.8. The van der Waals surface area contributed by atoms with E-state index in [0.717, 1.165) is 0 Å². The summed E-state index contributed by atoms with van der Waals surface area (Å²) < 4.78 is 61.0. The summed E-state index contributed by atoms with van der Waals surface area (Å²) >= 11 is 0. The molecule has 2 nitrogen and oxygen atoms in total. The number of phenols is 1. The van der Waals surface area contributed by atoms with Crippen LogP contribution in [0.3, 0.4) is 0 Å². The molecule has 0 spiro atoms. The molecule has 0 saturated carbocycles. The minimum Gasteiger partial charge on any atom is -0.504 e. The molecule has 0 aliphatic heterocycles. The molecule has 0 amide bonds. The predicted octanol–water partition coefficient (Wildman–Crippen LogP) is 2.42. The molecule has 0 atom stereocenters. The number of Topliss-reactive ketones (excluding diaryl/α,β-unsaturated/α-hetero) is 1. The van der Waals surface area contributed by atoms with Crippen LogP contribution < -0.4 is 0 Å². The number of halogens is 5. The minimum atomic E-state index is -5.37. The van der Waals surface area contributed by atoms with E-state index in [0.29, 0.717) is 12.1 Å². The monoisotopic (exact) mass is 226 g/mol. The number of rotatable bonds is 1. The Bertz CT molecular complexity index is 410. The summed E-state index contributed by atoms with van der Waals surface area (Å²) in [6.45, 7) is 0. The Morgan fingerprint density at radius 1 is 1.13 bits per heavy atom. The third-order valence-electron chi connectivity index (χ3n) is 1.56. The molecule has 0 aromatic heterocycles. The van der Waals surface area contributed by atoms with Crippen molar-refractivity contribution in [3.05, 3.63) is 29.3 Å². The van der Waals surface area contributed by atoms with Crippen molar-refractivity contribution in [1.82, 2.24) is 0 Å². The summed E-state index contributed by atoms with van der Waals surface area (Å²) in [6.07, 6.45) is -5.37. The van der Waals surface area contributed by atoms with Crippen molar-refractivity contribution in [2.24, 2.45) is 0 Å². The van der Waals surface area contributed by atoms with E-state index in [4.69, 9.17) is 5.11 Å². The third-order valence-corrected chi connectivity index (χ3v) is 1.56. The van der Waals surface area contributed by atoms with Crippen molar-refractivity contribution < 1.29 is 31.9 Å². The number of ketones is 1. The van der Waals surface area contributed by atoms with Crippen LogP contribution in [-0.2, 0) is 0 Å². The first-order chi connectivity index (χ1) is 6.75. The van der Waals surface area contributed by atoms with Crippen LogP contribution >= 0.6 is 0 Å². The second kappa shape index (κ2) is 3.48. The number of phenolic OH excluding ortho intramolecular Hbond substituents is 1. The normalized spacial score (nSPS) is 11.5. The van der Waals surface area contributed by atoms with Gasteiger partial charge in [0.2, 0.25) is 0 Å². The first kappa shape index (κ1) is 11.4. The summed E-state index contributed by atoms with van der Waals surface area (Å²) in [5.41, 5.74) is -1.71. The lowest BCUT2D eigenvalue weighted by Gasteiger charge is -2.08. The molecule has 0 unspecified atom stereocenters. The molecule has 82 valence electrons. The Balaban J connectivity index is 3.38. The Morgan fingerprint density at radius 2 is 1.60 bits per heavy atom. The van der Waals surface area contributed by atoms with Crippen molar-refractivity contribution >= 4 is 5.78 Å². The maximum absolute atomic E-state index is 12.8. The van der Waals surface area contributed by atoms with Crippen molar-refractivity contribution in [1.29, 1.82) is 0 Å². The molecule has 0 heterocycles. The van der Waals surface area contributed by atoms with Crippen LogP contribution in [0.2, 0.25) is 0 Å². The van der Waals surface area contributed by atoms with Gasteiger partial charge in [-0.3, -0.25) is 4.79 Å². The lowest BCUT2D eigenvalue weighted by atomic mass is 10.1. The number of carbonyl (C=O) groups is 1. The zero-order valence-corrected chi connectivity index (χ0v) is 6.90. The van der Waals surface area contributed by atoms with Gasteiger partial charge in [-0.1, -0.05) is 0 Å². The predicted molar refractivity (Wildman–Crippen MR) is 38.4 cm³/mol. The summed E-state index contributed by atoms with van der Waals surface area (Å²) in [6, 6.07) is 0.742. The Kier molecular flexibility index (Phi) is 2.65. The highest BCUT2D eigenvalue weighted by molar-refractivity contribution is 6.02. The highest BCUT2D eigenvalue weighted by Gasteiger charge is 2.42. The molecule has 0 bridgehead atoms. The second-order valence-electron chi connectivity index (χ2n) is 2.58. The summed E-state index contributed by atoms with van der Waals surface area (Å²) in [4.78, 5) is 10.6. The van der Waals surface area contributed by atoms with Gasteiger partial charge in [0.25, 0.3) is 5.78 Å². The van der Waals surface area contributed by atoms with Gasteiger partial charge in [0, 0.05) is 0 Å². The number of benzene rings is 1. The van der Waals surface area contributed by atoms with Gasteiger partial charge >= 0.3 is 6.18 Å². The van der Waals surface area contributed by atoms with Gasteiger partial charge in [0.1, 0.15) is 11.4 Å². The van der Waals surface area contributed by atoms with Gasteiger partial charge in [0.05, 0.1) is 0 Å². The molecule has 15 heavy (non-hydrogen) atoms. The number of alkyl halides is 3. The van der Waals surface area contributed by atoms with Crippen molar-refractivity contribution in [2.75, 3.05) is 0 Å². The molecule has 1 aromatic rings. The van der Waals surface area contributed by atoms with Crippen molar-refractivity contribution in [3.63, 3.8) is 0 Å². The fraction of sp³-hybridized carbons (Fsp3) is 0.125. The first-order valence-corrected chi connectivity index (χ1v) is 3.53. The Labute approximate surface area is 79.9 Å². The minimum absolute atomic E-state index is 0.327. The molecular weight excluding hydrogens is 223 g/mol. The van der Waals surface area contributed by atoms with E-state index < -0.39 is 34.9 Å². The molecule has 1 N–H and O–H groups in total. The standard InChI is InChI=1S/C8H3F5O2/c9-3-1-2-4(10)6(14)5(3)7(15)8(11,12)13/h1-2,14H. The maximum Gasteiger partial charge on any atom is 0.455 e. The average molecular weight is 226 g/mol. The van der Waals surface area contributed by atoms with Crippen molar-refractivity contribution in [2.45, 2.75) is 6.18 Å². The Morgan fingerprint density at radius 3 is 2.07 bits per heavy atom. The summed E-state index contributed by atoms with van der Waals surface area (Å²) in [5, 5.41) is 8.78. The van der Waals surface area contributed by atoms with Crippen LogP contribution in [0.15, 0.2) is 12.1 Å². The van der Waals surface area contributed by atoms with Gasteiger partial charge in [-0.2, -0.15) is 13.2 Å². The molecule has 0 saturated heterocycles. The van der Waals surface area contributed by atoms with Gasteiger partial charge < -0.3 is 5.11 Å². The molecule has 0 fully saturated rings. The van der Waals surface area contributed by atoms with Crippen LogP contribution in [-0.4, -0.2) is 17.1 Å². The topological polar surface area (TPSA) is 37.3 Å². The molecule has 1 rings (SSSR count). The van der Waals surface area contributed by atoms with Gasteiger partial charge in [-0.15, -0.1) is 0 Å². The van der Waals surface area contributed by atoms with E-state index in [1.165, 1.54) is 0 Å². The Hall–Kier alpha value is -1.66. The zero-order valence-electron chi connectivity index (χ0n) is 6.90. The SMILES string of the molecule is O=C(c1c(F)ccc(F)c1O)C(F)(F)F. The van der Waals surface area contributed by atoms with Crippen molar-refractivity contribution in [3.8, 4) is 5.75 Å². The molecule has 7 heteroatoms. The number of hydrogen-bond donors (Lipinski definition) is 1. The number of hydrogen-bond acceptors (Lipinski definition) is 2. The summed E-state index contributed by atoms with van der Waals surface area (Å²) in [5.74, 6) is -7.39. The van der Waals surface area contributed by atoms with Crippen LogP contribution in [0.1, 0.15) is 10.4 Å². The van der Waals surface area contributed by atoms with E-state index in [2.05, 4.69) is 0 Å². The number of aromatic hydroxyl groups is 1. The average Bonchev–Trinajstić information content (AvgIpc) is 2.10. The highest BCUT2D eigenvalue weighted by Crippen LogP contribution is 2.30.